The largest absolute Gasteiger partial charge is 0.497 e. The number of benzene rings is 3. The molecule has 4 unspecified atom stereocenters. The molecule has 0 aromatic heterocycles. The van der Waals surface area contributed by atoms with Crippen LogP contribution in [0.1, 0.15) is 34.3 Å². The second-order valence-corrected chi connectivity index (χ2v) is 9.98. The van der Waals surface area contributed by atoms with Gasteiger partial charge in [0.05, 0.1) is 47.6 Å². The third-order valence-electron chi connectivity index (χ3n) is 7.96. The molecule has 0 saturated heterocycles. The maximum Gasteiger partial charge on any atom is 0.231 e. The Bertz CT molecular complexity index is 1430. The van der Waals surface area contributed by atoms with E-state index in [-0.39, 0.29) is 19.2 Å². The molecule has 5 rings (SSSR count). The fraction of sp³-hybridized carbons (Fsp3) is 0.387. The maximum absolute atomic E-state index is 14.2. The van der Waals surface area contributed by atoms with Crippen LogP contribution < -0.4 is 38.5 Å². The van der Waals surface area contributed by atoms with E-state index in [1.807, 2.05) is 0 Å². The molecule has 3 N–H and O–H groups in total. The van der Waals surface area contributed by atoms with Gasteiger partial charge in [0.25, 0.3) is 0 Å². The van der Waals surface area contributed by atoms with Crippen LogP contribution in [0.4, 0.5) is 0 Å². The molecule has 11 nitrogen and oxygen atoms in total. The van der Waals surface area contributed by atoms with Crippen molar-refractivity contribution in [1.82, 2.24) is 5.32 Å². The van der Waals surface area contributed by atoms with E-state index in [0.717, 1.165) is 0 Å². The molecule has 3 aromatic carbocycles. The number of aliphatic hydroxyl groups is 2. The van der Waals surface area contributed by atoms with E-state index in [0.29, 0.717) is 62.5 Å². The van der Waals surface area contributed by atoms with Crippen molar-refractivity contribution in [3.63, 3.8) is 0 Å². The number of ether oxygens (including phenoxy) is 7. The van der Waals surface area contributed by atoms with Gasteiger partial charge in [-0.25, -0.2) is 0 Å². The Labute approximate surface area is 243 Å². The van der Waals surface area contributed by atoms with E-state index in [2.05, 4.69) is 5.32 Å². The number of carbonyl (C=O) groups is 1. The van der Waals surface area contributed by atoms with E-state index >= 15 is 0 Å². The highest BCUT2D eigenvalue weighted by molar-refractivity contribution is 5.82. The second kappa shape index (κ2) is 12.3. The summed E-state index contributed by atoms with van der Waals surface area (Å²) in [5.41, 5.74) is 2.56. The number of carbonyl (C=O) groups excluding carboxylic acids is 1. The van der Waals surface area contributed by atoms with Crippen LogP contribution in [-0.2, 0) is 11.3 Å². The SMILES string of the molecule is COc1ccc(OC)c(CNC(=O)C2C(c3cc(OC)c(OC)c(OC)c3)c3cc4c(cc3C(O)C2CO)OCO4)c1. The monoisotopic (exact) mass is 581 g/mol. The molecule has 42 heavy (non-hydrogen) atoms. The Morgan fingerprint density at radius 3 is 2.07 bits per heavy atom. The van der Waals surface area contributed by atoms with Crippen LogP contribution in [0.15, 0.2) is 42.5 Å². The van der Waals surface area contributed by atoms with Crippen LogP contribution in [0.25, 0.3) is 0 Å². The van der Waals surface area contributed by atoms with Crippen molar-refractivity contribution in [3.05, 3.63) is 64.7 Å². The molecule has 2 aliphatic rings. The number of aliphatic hydroxyl groups excluding tert-OH is 2. The van der Waals surface area contributed by atoms with Gasteiger partial charge in [0.1, 0.15) is 11.5 Å². The van der Waals surface area contributed by atoms with Gasteiger partial charge in [0, 0.05) is 30.6 Å². The minimum atomic E-state index is -1.15. The highest BCUT2D eigenvalue weighted by atomic mass is 16.7. The lowest BCUT2D eigenvalue weighted by Gasteiger charge is -2.41. The lowest BCUT2D eigenvalue weighted by atomic mass is 9.64. The molecule has 1 heterocycles. The molecule has 3 aromatic rings. The zero-order valence-electron chi connectivity index (χ0n) is 24.1. The Morgan fingerprint density at radius 1 is 0.857 bits per heavy atom. The Morgan fingerprint density at radius 2 is 1.50 bits per heavy atom. The molecule has 11 heteroatoms. The Balaban J connectivity index is 1.63. The van der Waals surface area contributed by atoms with Crippen molar-refractivity contribution in [2.45, 2.75) is 18.6 Å². The van der Waals surface area contributed by atoms with Gasteiger partial charge in [-0.3, -0.25) is 4.79 Å². The minimum absolute atomic E-state index is 0.0406. The van der Waals surface area contributed by atoms with E-state index in [9.17, 15) is 15.0 Å². The number of hydrogen-bond donors (Lipinski definition) is 3. The van der Waals surface area contributed by atoms with Crippen LogP contribution in [0.3, 0.4) is 0 Å². The van der Waals surface area contributed by atoms with E-state index in [1.54, 1.807) is 56.7 Å². The van der Waals surface area contributed by atoms with Crippen LogP contribution in [0, 0.1) is 11.8 Å². The molecule has 0 bridgehead atoms. The van der Waals surface area contributed by atoms with Crippen molar-refractivity contribution in [3.8, 4) is 40.2 Å². The summed E-state index contributed by atoms with van der Waals surface area (Å²) in [5.74, 6) is 0.613. The first-order valence-corrected chi connectivity index (χ1v) is 13.4. The molecular formula is C31H35NO10. The maximum atomic E-state index is 14.2. The second-order valence-electron chi connectivity index (χ2n) is 9.98. The summed E-state index contributed by atoms with van der Waals surface area (Å²) in [4.78, 5) is 14.2. The predicted octanol–water partition coefficient (Wildman–Crippen LogP) is 3.18. The van der Waals surface area contributed by atoms with Gasteiger partial charge in [-0.05, 0) is 59.2 Å². The number of rotatable bonds is 10. The van der Waals surface area contributed by atoms with Crippen LogP contribution in [-0.4, -0.2) is 65.1 Å². The molecule has 0 spiro atoms. The summed E-state index contributed by atoms with van der Waals surface area (Å²) in [7, 11) is 7.65. The fourth-order valence-electron chi connectivity index (χ4n) is 5.91. The Hall–Kier alpha value is -4.35. The molecule has 4 atom stereocenters. The third-order valence-corrected chi connectivity index (χ3v) is 7.96. The van der Waals surface area contributed by atoms with Crippen molar-refractivity contribution >= 4 is 5.91 Å². The minimum Gasteiger partial charge on any atom is -0.497 e. The third kappa shape index (κ3) is 5.10. The topological polar surface area (TPSA) is 134 Å². The summed E-state index contributed by atoms with van der Waals surface area (Å²) in [6.45, 7) is -0.282. The number of hydrogen-bond acceptors (Lipinski definition) is 10. The fourth-order valence-corrected chi connectivity index (χ4v) is 5.91. The Kier molecular flexibility index (Phi) is 8.51. The summed E-state index contributed by atoms with van der Waals surface area (Å²) in [5, 5.41) is 25.1. The first-order chi connectivity index (χ1) is 20.4. The van der Waals surface area contributed by atoms with Gasteiger partial charge in [-0.2, -0.15) is 0 Å². The normalized spacial score (nSPS) is 20.4. The smallest absolute Gasteiger partial charge is 0.231 e. The van der Waals surface area contributed by atoms with Crippen molar-refractivity contribution in [2.24, 2.45) is 11.8 Å². The van der Waals surface area contributed by atoms with Crippen LogP contribution in [0.2, 0.25) is 0 Å². The van der Waals surface area contributed by atoms with E-state index in [4.69, 9.17) is 33.2 Å². The number of amides is 1. The summed E-state index contributed by atoms with van der Waals surface area (Å²) < 4.78 is 38.8. The van der Waals surface area contributed by atoms with Crippen LogP contribution >= 0.6 is 0 Å². The molecule has 1 amide bonds. The number of methoxy groups -OCH3 is 5. The number of fused-ring (bicyclic) bond motifs is 2. The summed E-state index contributed by atoms with van der Waals surface area (Å²) >= 11 is 0. The average Bonchev–Trinajstić information content (AvgIpc) is 3.49. The van der Waals surface area contributed by atoms with Gasteiger partial charge >= 0.3 is 0 Å². The van der Waals surface area contributed by atoms with Crippen molar-refractivity contribution < 1.29 is 48.2 Å². The summed E-state index contributed by atoms with van der Waals surface area (Å²) in [6, 6.07) is 12.4. The first-order valence-electron chi connectivity index (χ1n) is 13.4. The van der Waals surface area contributed by atoms with Crippen molar-refractivity contribution in [2.75, 3.05) is 48.9 Å². The summed E-state index contributed by atoms with van der Waals surface area (Å²) in [6.07, 6.45) is -1.15. The van der Waals surface area contributed by atoms with Gasteiger partial charge in [-0.15, -0.1) is 0 Å². The zero-order valence-corrected chi connectivity index (χ0v) is 24.1. The molecule has 0 radical (unpaired) electrons. The van der Waals surface area contributed by atoms with Crippen molar-refractivity contribution in [1.29, 1.82) is 0 Å². The predicted molar refractivity (Wildman–Crippen MR) is 151 cm³/mol. The molecular weight excluding hydrogens is 546 g/mol. The molecule has 0 fully saturated rings. The van der Waals surface area contributed by atoms with Gasteiger partial charge in [0.2, 0.25) is 18.4 Å². The van der Waals surface area contributed by atoms with E-state index < -0.39 is 30.5 Å². The lowest BCUT2D eigenvalue weighted by Crippen LogP contribution is -2.45. The average molecular weight is 582 g/mol. The standard InChI is InChI=1S/C31H35NO10/c1-36-18-6-7-22(37-2)17(8-18)13-32-31(35)28-21(14-33)29(34)20-12-24-23(41-15-42-24)11-19(20)27(28)16-9-25(38-3)30(40-5)26(10-16)39-4/h6-12,21,27-29,33-34H,13-15H2,1-5H3,(H,32,35). The molecule has 1 aliphatic heterocycles. The quantitative estimate of drug-likeness (QED) is 0.328. The highest BCUT2D eigenvalue weighted by Gasteiger charge is 2.47. The van der Waals surface area contributed by atoms with Gasteiger partial charge in [-0.1, -0.05) is 0 Å². The zero-order chi connectivity index (χ0) is 30.0. The van der Waals surface area contributed by atoms with Gasteiger partial charge < -0.3 is 48.7 Å². The molecule has 1 aliphatic carbocycles. The number of nitrogens with one attached hydrogen (secondary N) is 1. The molecule has 0 saturated carbocycles. The lowest BCUT2D eigenvalue weighted by molar-refractivity contribution is -0.131. The molecule has 224 valence electrons. The van der Waals surface area contributed by atoms with E-state index in [1.165, 1.54) is 21.3 Å². The highest BCUT2D eigenvalue weighted by Crippen LogP contribution is 2.53. The first kappa shape index (κ1) is 29.2. The van der Waals surface area contributed by atoms with Gasteiger partial charge in [0.15, 0.2) is 23.0 Å². The van der Waals surface area contributed by atoms with Crippen LogP contribution in [0.5, 0.6) is 40.2 Å².